The van der Waals surface area contributed by atoms with E-state index >= 15 is 0 Å². The van der Waals surface area contributed by atoms with Gasteiger partial charge in [-0.3, -0.25) is 10.1 Å². The molecule has 0 aromatic heterocycles. The van der Waals surface area contributed by atoms with Crippen LogP contribution < -0.4 is 5.32 Å². The maximum atomic E-state index is 10.8. The molecule has 0 spiro atoms. The maximum absolute atomic E-state index is 10.8. The number of rotatable bonds is 6. The topological polar surface area (TPSA) is 55.2 Å². The van der Waals surface area contributed by atoms with E-state index in [0.29, 0.717) is 12.6 Å². The summed E-state index contributed by atoms with van der Waals surface area (Å²) >= 11 is 0. The van der Waals surface area contributed by atoms with Crippen LogP contribution in [0.2, 0.25) is 0 Å². The predicted octanol–water partition coefficient (Wildman–Crippen LogP) is 3.62. The molecule has 1 atom stereocenters. The van der Waals surface area contributed by atoms with Crippen molar-refractivity contribution < 1.29 is 4.92 Å². The Kier molecular flexibility index (Phi) is 5.06. The first-order valence-corrected chi connectivity index (χ1v) is 7.07. The fourth-order valence-corrected chi connectivity index (χ4v) is 2.31. The summed E-state index contributed by atoms with van der Waals surface area (Å²) in [4.78, 5) is 10.4. The van der Waals surface area contributed by atoms with Gasteiger partial charge in [0.25, 0.3) is 5.69 Å². The highest BCUT2D eigenvalue weighted by Crippen LogP contribution is 2.14. The van der Waals surface area contributed by atoms with Crippen LogP contribution in [0.15, 0.2) is 48.5 Å². The minimum absolute atomic E-state index is 0.140. The van der Waals surface area contributed by atoms with Crippen molar-refractivity contribution in [1.29, 1.82) is 0 Å². The molecule has 2 aromatic carbocycles. The Bertz CT molecular complexity index is 626. The molecule has 110 valence electrons. The second-order valence-corrected chi connectivity index (χ2v) is 5.34. The summed E-state index contributed by atoms with van der Waals surface area (Å²) in [6.07, 6.45) is 0.946. The van der Waals surface area contributed by atoms with Crippen molar-refractivity contribution >= 4 is 5.69 Å². The third-order valence-corrected chi connectivity index (χ3v) is 3.56. The molecule has 21 heavy (non-hydrogen) atoms. The summed E-state index contributed by atoms with van der Waals surface area (Å²) in [5.74, 6) is 0. The summed E-state index contributed by atoms with van der Waals surface area (Å²) in [7, 11) is 0. The van der Waals surface area contributed by atoms with Gasteiger partial charge < -0.3 is 5.32 Å². The van der Waals surface area contributed by atoms with Crippen molar-refractivity contribution in [2.75, 3.05) is 0 Å². The standard InChI is InChI=1S/C17H20N2O2/c1-13-6-3-4-8-16(13)10-14(2)18-12-15-7-5-9-17(11-15)19(20)21/h3-9,11,14,18H,10,12H2,1-2H3. The summed E-state index contributed by atoms with van der Waals surface area (Å²) in [6, 6.07) is 15.4. The number of nitro groups is 1. The molecule has 0 heterocycles. The van der Waals surface area contributed by atoms with Crippen molar-refractivity contribution in [3.63, 3.8) is 0 Å². The molecule has 0 aliphatic heterocycles. The zero-order valence-electron chi connectivity index (χ0n) is 12.4. The number of nitro benzene ring substituents is 1. The van der Waals surface area contributed by atoms with Crippen molar-refractivity contribution in [2.24, 2.45) is 0 Å². The van der Waals surface area contributed by atoms with E-state index in [9.17, 15) is 10.1 Å². The molecular formula is C17H20N2O2. The quantitative estimate of drug-likeness (QED) is 0.651. The second kappa shape index (κ2) is 6.99. The Hall–Kier alpha value is -2.20. The number of aryl methyl sites for hydroxylation is 1. The molecule has 1 unspecified atom stereocenters. The SMILES string of the molecule is Cc1ccccc1CC(C)NCc1cccc([N+](=O)[O-])c1. The molecule has 2 rings (SSSR count). The molecule has 0 aliphatic carbocycles. The van der Waals surface area contributed by atoms with E-state index in [1.54, 1.807) is 12.1 Å². The van der Waals surface area contributed by atoms with Gasteiger partial charge in [-0.05, 0) is 37.0 Å². The van der Waals surface area contributed by atoms with Gasteiger partial charge in [-0.2, -0.15) is 0 Å². The van der Waals surface area contributed by atoms with Crippen LogP contribution in [-0.4, -0.2) is 11.0 Å². The van der Waals surface area contributed by atoms with Crippen molar-refractivity contribution in [2.45, 2.75) is 32.9 Å². The van der Waals surface area contributed by atoms with Crippen LogP contribution in [-0.2, 0) is 13.0 Å². The fraction of sp³-hybridized carbons (Fsp3) is 0.294. The average molecular weight is 284 g/mol. The summed E-state index contributed by atoms with van der Waals surface area (Å²) in [5.41, 5.74) is 3.69. The van der Waals surface area contributed by atoms with Crippen LogP contribution in [0.3, 0.4) is 0 Å². The second-order valence-electron chi connectivity index (χ2n) is 5.34. The van der Waals surface area contributed by atoms with Gasteiger partial charge in [0.05, 0.1) is 4.92 Å². The van der Waals surface area contributed by atoms with Gasteiger partial charge in [-0.15, -0.1) is 0 Å². The van der Waals surface area contributed by atoms with Crippen molar-refractivity contribution in [3.05, 3.63) is 75.3 Å². The van der Waals surface area contributed by atoms with Crippen LogP contribution in [0, 0.1) is 17.0 Å². The van der Waals surface area contributed by atoms with E-state index in [1.807, 2.05) is 12.1 Å². The lowest BCUT2D eigenvalue weighted by Crippen LogP contribution is -2.27. The highest BCUT2D eigenvalue weighted by atomic mass is 16.6. The largest absolute Gasteiger partial charge is 0.310 e. The molecule has 0 fully saturated rings. The summed E-state index contributed by atoms with van der Waals surface area (Å²) in [6.45, 7) is 4.88. The van der Waals surface area contributed by atoms with Crippen molar-refractivity contribution in [3.8, 4) is 0 Å². The normalized spacial score (nSPS) is 12.1. The van der Waals surface area contributed by atoms with Gasteiger partial charge in [-0.25, -0.2) is 0 Å². The molecule has 1 N–H and O–H groups in total. The van der Waals surface area contributed by atoms with Crippen LogP contribution in [0.5, 0.6) is 0 Å². The third kappa shape index (κ3) is 4.39. The highest BCUT2D eigenvalue weighted by Gasteiger charge is 2.08. The minimum atomic E-state index is -0.361. The number of hydrogen-bond donors (Lipinski definition) is 1. The predicted molar refractivity (Wildman–Crippen MR) is 84.3 cm³/mol. The first-order chi connectivity index (χ1) is 10.1. The number of nitrogens with zero attached hydrogens (tertiary/aromatic N) is 1. The van der Waals surface area contributed by atoms with Gasteiger partial charge in [0.2, 0.25) is 0 Å². The average Bonchev–Trinajstić information content (AvgIpc) is 2.48. The molecule has 0 amide bonds. The minimum Gasteiger partial charge on any atom is -0.310 e. The molecular weight excluding hydrogens is 264 g/mol. The maximum Gasteiger partial charge on any atom is 0.269 e. The van der Waals surface area contributed by atoms with E-state index in [-0.39, 0.29) is 10.6 Å². The molecule has 0 aliphatic rings. The zero-order chi connectivity index (χ0) is 15.2. The lowest BCUT2D eigenvalue weighted by molar-refractivity contribution is -0.384. The van der Waals surface area contributed by atoms with Gasteiger partial charge >= 0.3 is 0 Å². The van der Waals surface area contributed by atoms with Gasteiger partial charge in [0.15, 0.2) is 0 Å². The third-order valence-electron chi connectivity index (χ3n) is 3.56. The number of benzene rings is 2. The van der Waals surface area contributed by atoms with E-state index < -0.39 is 0 Å². The zero-order valence-corrected chi connectivity index (χ0v) is 12.4. The highest BCUT2D eigenvalue weighted by molar-refractivity contribution is 5.34. The molecule has 0 bridgehead atoms. The number of non-ortho nitro benzene ring substituents is 1. The van der Waals surface area contributed by atoms with Gasteiger partial charge in [-0.1, -0.05) is 36.4 Å². The Balaban J connectivity index is 1.92. The lowest BCUT2D eigenvalue weighted by Gasteiger charge is -2.15. The molecule has 0 saturated heterocycles. The first kappa shape index (κ1) is 15.2. The lowest BCUT2D eigenvalue weighted by atomic mass is 10.0. The Labute approximate surface area is 125 Å². The molecule has 4 nitrogen and oxygen atoms in total. The summed E-state index contributed by atoms with van der Waals surface area (Å²) in [5, 5.41) is 14.2. The van der Waals surface area contributed by atoms with Crippen LogP contribution >= 0.6 is 0 Å². The van der Waals surface area contributed by atoms with Crippen LogP contribution in [0.1, 0.15) is 23.6 Å². The Morgan fingerprint density at radius 1 is 1.19 bits per heavy atom. The van der Waals surface area contributed by atoms with Crippen molar-refractivity contribution in [1.82, 2.24) is 5.32 Å². The van der Waals surface area contributed by atoms with E-state index in [0.717, 1.165) is 12.0 Å². The van der Waals surface area contributed by atoms with Gasteiger partial charge in [0, 0.05) is 24.7 Å². The molecule has 0 radical (unpaired) electrons. The first-order valence-electron chi connectivity index (χ1n) is 7.07. The molecule has 0 saturated carbocycles. The number of hydrogen-bond acceptors (Lipinski definition) is 3. The summed E-state index contributed by atoms with van der Waals surface area (Å²) < 4.78 is 0. The smallest absolute Gasteiger partial charge is 0.269 e. The monoisotopic (exact) mass is 284 g/mol. The Morgan fingerprint density at radius 3 is 2.67 bits per heavy atom. The van der Waals surface area contributed by atoms with Crippen LogP contribution in [0.25, 0.3) is 0 Å². The fourth-order valence-electron chi connectivity index (χ4n) is 2.31. The molecule has 4 heteroatoms. The van der Waals surface area contributed by atoms with E-state index in [2.05, 4.69) is 37.4 Å². The van der Waals surface area contributed by atoms with E-state index in [4.69, 9.17) is 0 Å². The van der Waals surface area contributed by atoms with Gasteiger partial charge in [0.1, 0.15) is 0 Å². The number of nitrogens with one attached hydrogen (secondary N) is 1. The van der Waals surface area contributed by atoms with Crippen LogP contribution in [0.4, 0.5) is 5.69 Å². The Morgan fingerprint density at radius 2 is 1.95 bits per heavy atom. The van der Waals surface area contributed by atoms with E-state index in [1.165, 1.54) is 17.2 Å². The molecule has 2 aromatic rings.